The molecule has 4 aromatic rings. The topological polar surface area (TPSA) is 80.5 Å². The minimum atomic E-state index is 0.717. The van der Waals surface area contributed by atoms with Crippen LogP contribution in [0, 0.1) is 6.92 Å². The monoisotopic (exact) mass is 301 g/mol. The van der Waals surface area contributed by atoms with Gasteiger partial charge in [-0.15, -0.1) is 0 Å². The first-order chi connectivity index (χ1) is 11.2. The highest BCUT2D eigenvalue weighted by atomic mass is 15.1. The number of aromatic nitrogens is 4. The van der Waals surface area contributed by atoms with Crippen LogP contribution in [0.2, 0.25) is 0 Å². The van der Waals surface area contributed by atoms with Gasteiger partial charge in [0.25, 0.3) is 0 Å². The first-order valence-electron chi connectivity index (χ1n) is 7.34. The molecule has 0 bridgehead atoms. The fraction of sp³-hybridized carbons (Fsp3) is 0.0556. The number of aryl methyl sites for hydroxylation is 1. The van der Waals surface area contributed by atoms with Gasteiger partial charge in [-0.1, -0.05) is 6.07 Å². The average Bonchev–Trinajstić information content (AvgIpc) is 3.06. The molecule has 1 aromatic carbocycles. The van der Waals surface area contributed by atoms with Gasteiger partial charge in [0, 0.05) is 34.6 Å². The Labute approximate surface area is 133 Å². The molecule has 5 heteroatoms. The van der Waals surface area contributed by atoms with Crippen molar-refractivity contribution in [1.82, 2.24) is 20.2 Å². The Kier molecular flexibility index (Phi) is 3.05. The third-order valence-corrected chi connectivity index (χ3v) is 3.96. The Bertz CT molecular complexity index is 1000. The van der Waals surface area contributed by atoms with Crippen molar-refractivity contribution in [3.05, 3.63) is 60.6 Å². The zero-order valence-electron chi connectivity index (χ0n) is 12.6. The van der Waals surface area contributed by atoms with Crippen LogP contribution in [0.1, 0.15) is 5.56 Å². The molecule has 23 heavy (non-hydrogen) atoms. The fourth-order valence-corrected chi connectivity index (χ4v) is 2.77. The number of nitrogens with one attached hydrogen (secondary N) is 1. The number of rotatable bonds is 2. The standard InChI is InChI=1S/C18H15N5/c1-11-2-3-13(19)9-16(11)17-8-12(10-22-23-17)14-4-6-20-18-15(14)5-7-21-18/h2-10H,19H2,1H3,(H,20,21). The van der Waals surface area contributed by atoms with Gasteiger partial charge in [0.15, 0.2) is 0 Å². The number of pyridine rings is 1. The number of nitrogen functional groups attached to an aromatic ring is 1. The van der Waals surface area contributed by atoms with Crippen molar-refractivity contribution in [2.75, 3.05) is 5.73 Å². The molecule has 3 heterocycles. The van der Waals surface area contributed by atoms with E-state index in [0.29, 0.717) is 0 Å². The maximum Gasteiger partial charge on any atom is 0.137 e. The summed E-state index contributed by atoms with van der Waals surface area (Å²) in [6, 6.07) is 11.9. The highest BCUT2D eigenvalue weighted by Gasteiger charge is 2.10. The quantitative estimate of drug-likeness (QED) is 0.555. The van der Waals surface area contributed by atoms with Gasteiger partial charge in [-0.3, -0.25) is 0 Å². The van der Waals surface area contributed by atoms with Crippen molar-refractivity contribution in [3.8, 4) is 22.4 Å². The number of aromatic amines is 1. The molecule has 3 N–H and O–H groups in total. The lowest BCUT2D eigenvalue weighted by molar-refractivity contribution is 1.04. The van der Waals surface area contributed by atoms with Gasteiger partial charge in [0.1, 0.15) is 5.65 Å². The maximum absolute atomic E-state index is 5.91. The van der Waals surface area contributed by atoms with Gasteiger partial charge in [-0.2, -0.15) is 10.2 Å². The SMILES string of the molecule is Cc1ccc(N)cc1-c1cc(-c2ccnc3[nH]ccc23)cnn1. The molecule has 0 atom stereocenters. The molecule has 0 aliphatic rings. The van der Waals surface area contributed by atoms with Crippen LogP contribution in [0.3, 0.4) is 0 Å². The van der Waals surface area contributed by atoms with E-state index in [0.717, 1.165) is 44.7 Å². The molecule has 0 spiro atoms. The second-order valence-corrected chi connectivity index (χ2v) is 5.50. The predicted octanol–water partition coefficient (Wildman–Crippen LogP) is 3.58. The molecule has 0 aliphatic heterocycles. The first-order valence-corrected chi connectivity index (χ1v) is 7.34. The second kappa shape index (κ2) is 5.21. The second-order valence-electron chi connectivity index (χ2n) is 5.50. The van der Waals surface area contributed by atoms with Crippen LogP contribution in [-0.4, -0.2) is 20.2 Å². The van der Waals surface area contributed by atoms with Gasteiger partial charge in [-0.25, -0.2) is 4.98 Å². The molecule has 4 rings (SSSR count). The van der Waals surface area contributed by atoms with Crippen LogP contribution in [0.25, 0.3) is 33.4 Å². The van der Waals surface area contributed by atoms with Gasteiger partial charge < -0.3 is 10.7 Å². The van der Waals surface area contributed by atoms with E-state index in [4.69, 9.17) is 5.73 Å². The van der Waals surface area contributed by atoms with E-state index in [9.17, 15) is 0 Å². The molecular weight excluding hydrogens is 286 g/mol. The summed E-state index contributed by atoms with van der Waals surface area (Å²) in [5.74, 6) is 0. The van der Waals surface area contributed by atoms with Gasteiger partial charge in [0.2, 0.25) is 0 Å². The molecule has 0 radical (unpaired) electrons. The van der Waals surface area contributed by atoms with Crippen LogP contribution in [0.15, 0.2) is 55.0 Å². The predicted molar refractivity (Wildman–Crippen MR) is 91.7 cm³/mol. The number of hydrogen-bond acceptors (Lipinski definition) is 4. The number of nitrogens with two attached hydrogens (primary N) is 1. The fourth-order valence-electron chi connectivity index (χ4n) is 2.77. The summed E-state index contributed by atoms with van der Waals surface area (Å²) in [6.45, 7) is 2.04. The number of anilines is 1. The van der Waals surface area contributed by atoms with Crippen LogP contribution in [-0.2, 0) is 0 Å². The van der Waals surface area contributed by atoms with E-state index in [1.807, 2.05) is 49.5 Å². The molecule has 0 saturated heterocycles. The van der Waals surface area contributed by atoms with Crippen molar-refractivity contribution < 1.29 is 0 Å². The smallest absolute Gasteiger partial charge is 0.137 e. The lowest BCUT2D eigenvalue weighted by Crippen LogP contribution is -1.94. The zero-order chi connectivity index (χ0) is 15.8. The Balaban J connectivity index is 1.89. The van der Waals surface area contributed by atoms with Crippen LogP contribution < -0.4 is 5.73 Å². The highest BCUT2D eigenvalue weighted by Crippen LogP contribution is 2.30. The summed E-state index contributed by atoms with van der Waals surface area (Å²) in [6.07, 6.45) is 5.45. The van der Waals surface area contributed by atoms with Gasteiger partial charge in [-0.05, 0) is 48.4 Å². The summed E-state index contributed by atoms with van der Waals surface area (Å²) in [5.41, 5.74) is 12.5. The number of hydrogen-bond donors (Lipinski definition) is 2. The van der Waals surface area contributed by atoms with Crippen LogP contribution in [0.4, 0.5) is 5.69 Å². The van der Waals surface area contributed by atoms with E-state index in [2.05, 4.69) is 20.2 Å². The number of fused-ring (bicyclic) bond motifs is 1. The summed E-state index contributed by atoms with van der Waals surface area (Å²) < 4.78 is 0. The Morgan fingerprint density at radius 2 is 1.96 bits per heavy atom. The number of benzene rings is 1. The molecule has 5 nitrogen and oxygen atoms in total. The van der Waals surface area contributed by atoms with Crippen molar-refractivity contribution in [2.45, 2.75) is 6.92 Å². The Hall–Kier alpha value is -3.21. The van der Waals surface area contributed by atoms with Crippen molar-refractivity contribution >= 4 is 16.7 Å². The maximum atomic E-state index is 5.91. The van der Waals surface area contributed by atoms with Crippen LogP contribution in [0.5, 0.6) is 0 Å². The van der Waals surface area contributed by atoms with E-state index >= 15 is 0 Å². The molecule has 3 aromatic heterocycles. The third kappa shape index (κ3) is 2.32. The minimum absolute atomic E-state index is 0.717. The summed E-state index contributed by atoms with van der Waals surface area (Å²) in [5, 5.41) is 9.52. The normalized spacial score (nSPS) is 11.0. The minimum Gasteiger partial charge on any atom is -0.399 e. The van der Waals surface area contributed by atoms with E-state index in [1.165, 1.54) is 0 Å². The molecule has 0 saturated carbocycles. The molecular formula is C18H15N5. The van der Waals surface area contributed by atoms with Crippen molar-refractivity contribution in [2.24, 2.45) is 0 Å². The van der Waals surface area contributed by atoms with E-state index < -0.39 is 0 Å². The van der Waals surface area contributed by atoms with Crippen molar-refractivity contribution in [1.29, 1.82) is 0 Å². The summed E-state index contributed by atoms with van der Waals surface area (Å²) in [4.78, 5) is 7.45. The van der Waals surface area contributed by atoms with Crippen molar-refractivity contribution in [3.63, 3.8) is 0 Å². The van der Waals surface area contributed by atoms with Gasteiger partial charge >= 0.3 is 0 Å². The number of nitrogens with zero attached hydrogens (tertiary/aromatic N) is 3. The molecule has 0 unspecified atom stereocenters. The van der Waals surface area contributed by atoms with Crippen LogP contribution >= 0.6 is 0 Å². The molecule has 0 amide bonds. The zero-order valence-corrected chi connectivity index (χ0v) is 12.6. The van der Waals surface area contributed by atoms with E-state index in [-0.39, 0.29) is 0 Å². The van der Waals surface area contributed by atoms with Gasteiger partial charge in [0.05, 0.1) is 11.9 Å². The summed E-state index contributed by atoms with van der Waals surface area (Å²) in [7, 11) is 0. The van der Waals surface area contributed by atoms with E-state index in [1.54, 1.807) is 12.4 Å². The molecule has 0 fully saturated rings. The Morgan fingerprint density at radius 3 is 2.87 bits per heavy atom. The third-order valence-electron chi connectivity index (χ3n) is 3.96. The Morgan fingerprint density at radius 1 is 1.04 bits per heavy atom. The molecule has 0 aliphatic carbocycles. The summed E-state index contributed by atoms with van der Waals surface area (Å²) >= 11 is 0. The highest BCUT2D eigenvalue weighted by molar-refractivity contribution is 5.93. The lowest BCUT2D eigenvalue weighted by Gasteiger charge is -2.08. The largest absolute Gasteiger partial charge is 0.399 e. The first kappa shape index (κ1) is 13.5. The average molecular weight is 301 g/mol. The number of H-pyrrole nitrogens is 1. The molecule has 112 valence electrons. The lowest BCUT2D eigenvalue weighted by atomic mass is 10.0.